The molecule has 6 heteroatoms. The molecular weight excluding hydrogens is 286 g/mol. The van der Waals surface area contributed by atoms with Gasteiger partial charge in [-0.15, -0.1) is 11.6 Å². The van der Waals surface area contributed by atoms with Gasteiger partial charge in [-0.05, 0) is 19.4 Å². The number of benzene rings is 1. The van der Waals surface area contributed by atoms with Gasteiger partial charge in [0.15, 0.2) is 0 Å². The molecule has 0 heterocycles. The van der Waals surface area contributed by atoms with Gasteiger partial charge in [-0.3, -0.25) is 0 Å². The van der Waals surface area contributed by atoms with Crippen molar-refractivity contribution in [1.29, 1.82) is 0 Å². The quantitative estimate of drug-likeness (QED) is 0.728. The van der Waals surface area contributed by atoms with E-state index in [1.807, 2.05) is 31.2 Å². The highest BCUT2D eigenvalue weighted by Gasteiger charge is 2.25. The van der Waals surface area contributed by atoms with Crippen LogP contribution in [-0.4, -0.2) is 38.5 Å². The van der Waals surface area contributed by atoms with Crippen molar-refractivity contribution in [2.24, 2.45) is 0 Å². The van der Waals surface area contributed by atoms with E-state index in [9.17, 15) is 8.42 Å². The standard InChI is InChI=1S/C13H20ClNO3S/c1-11(12-7-4-5-8-13(12)18-3)15(2)19(16,17)10-6-9-14/h4-5,7-8,11H,6,9-10H2,1-3H3. The highest BCUT2D eigenvalue weighted by Crippen LogP contribution is 2.29. The summed E-state index contributed by atoms with van der Waals surface area (Å²) in [5.41, 5.74) is 0.849. The first-order chi connectivity index (χ1) is 8.94. The Morgan fingerprint density at radius 1 is 1.37 bits per heavy atom. The van der Waals surface area contributed by atoms with E-state index >= 15 is 0 Å². The monoisotopic (exact) mass is 305 g/mol. The molecule has 0 fully saturated rings. The van der Waals surface area contributed by atoms with Gasteiger partial charge in [0.1, 0.15) is 5.75 Å². The van der Waals surface area contributed by atoms with E-state index in [1.165, 1.54) is 4.31 Å². The Morgan fingerprint density at radius 2 is 2.00 bits per heavy atom. The fraction of sp³-hybridized carbons (Fsp3) is 0.538. The minimum absolute atomic E-state index is 0.0620. The third-order valence-corrected chi connectivity index (χ3v) is 5.37. The van der Waals surface area contributed by atoms with Gasteiger partial charge in [0.2, 0.25) is 10.0 Å². The zero-order valence-corrected chi connectivity index (χ0v) is 13.0. The van der Waals surface area contributed by atoms with Crippen LogP contribution in [0.15, 0.2) is 24.3 Å². The highest BCUT2D eigenvalue weighted by atomic mass is 35.5. The Hall–Kier alpha value is -0.780. The maximum Gasteiger partial charge on any atom is 0.214 e. The number of para-hydroxylation sites is 1. The second kappa shape index (κ2) is 7.12. The van der Waals surface area contributed by atoms with E-state index in [0.717, 1.165) is 5.56 Å². The minimum Gasteiger partial charge on any atom is -0.496 e. The van der Waals surface area contributed by atoms with Gasteiger partial charge >= 0.3 is 0 Å². The van der Waals surface area contributed by atoms with Crippen molar-refractivity contribution in [1.82, 2.24) is 4.31 Å². The first kappa shape index (κ1) is 16.3. The lowest BCUT2D eigenvalue weighted by Gasteiger charge is -2.25. The van der Waals surface area contributed by atoms with Gasteiger partial charge in [-0.2, -0.15) is 4.31 Å². The van der Waals surface area contributed by atoms with Crippen LogP contribution in [0.25, 0.3) is 0 Å². The van der Waals surface area contributed by atoms with Crippen LogP contribution in [0.2, 0.25) is 0 Å². The minimum atomic E-state index is -3.30. The van der Waals surface area contributed by atoms with Crippen molar-refractivity contribution in [3.63, 3.8) is 0 Å². The molecule has 4 nitrogen and oxygen atoms in total. The van der Waals surface area contributed by atoms with E-state index in [2.05, 4.69) is 0 Å². The molecule has 0 aromatic heterocycles. The number of nitrogens with zero attached hydrogens (tertiary/aromatic N) is 1. The van der Waals surface area contributed by atoms with Gasteiger partial charge in [0.25, 0.3) is 0 Å². The second-order valence-corrected chi connectivity index (χ2v) is 6.82. The third-order valence-electron chi connectivity index (χ3n) is 3.11. The average molecular weight is 306 g/mol. The molecule has 0 aliphatic rings. The summed E-state index contributed by atoms with van der Waals surface area (Å²) in [6, 6.07) is 7.14. The number of hydrogen-bond acceptors (Lipinski definition) is 3. The molecule has 0 spiro atoms. The van der Waals surface area contributed by atoms with E-state index in [4.69, 9.17) is 16.3 Å². The molecule has 1 aromatic carbocycles. The van der Waals surface area contributed by atoms with E-state index < -0.39 is 10.0 Å². The van der Waals surface area contributed by atoms with Crippen molar-refractivity contribution >= 4 is 21.6 Å². The number of ether oxygens (including phenoxy) is 1. The summed E-state index contributed by atoms with van der Waals surface area (Å²) < 4.78 is 30.9. The maximum atomic E-state index is 12.1. The van der Waals surface area contributed by atoms with Crippen LogP contribution < -0.4 is 4.74 Å². The van der Waals surface area contributed by atoms with Gasteiger partial charge < -0.3 is 4.74 Å². The number of alkyl halides is 1. The zero-order chi connectivity index (χ0) is 14.5. The lowest BCUT2D eigenvalue weighted by molar-refractivity contribution is 0.367. The summed E-state index contributed by atoms with van der Waals surface area (Å²) in [5, 5.41) is 0. The van der Waals surface area contributed by atoms with Crippen molar-refractivity contribution in [2.75, 3.05) is 25.8 Å². The first-order valence-corrected chi connectivity index (χ1v) is 8.23. The summed E-state index contributed by atoms with van der Waals surface area (Å²) >= 11 is 5.55. The number of methoxy groups -OCH3 is 1. The molecule has 1 rings (SSSR count). The SMILES string of the molecule is COc1ccccc1C(C)N(C)S(=O)(=O)CCCCl. The van der Waals surface area contributed by atoms with Gasteiger partial charge in [-0.1, -0.05) is 18.2 Å². The molecule has 0 N–H and O–H groups in total. The van der Waals surface area contributed by atoms with Crippen molar-refractivity contribution in [3.8, 4) is 5.75 Å². The fourth-order valence-electron chi connectivity index (χ4n) is 1.83. The highest BCUT2D eigenvalue weighted by molar-refractivity contribution is 7.89. The van der Waals surface area contributed by atoms with Crippen LogP contribution in [0.1, 0.15) is 24.9 Å². The Kier molecular flexibility index (Phi) is 6.10. The molecule has 0 radical (unpaired) electrons. The molecular formula is C13H20ClNO3S. The molecule has 0 bridgehead atoms. The summed E-state index contributed by atoms with van der Waals surface area (Å²) in [6.45, 7) is 1.84. The molecule has 1 aromatic rings. The number of rotatable bonds is 7. The topological polar surface area (TPSA) is 46.6 Å². The van der Waals surface area contributed by atoms with Crippen LogP contribution in [0.4, 0.5) is 0 Å². The van der Waals surface area contributed by atoms with Crippen molar-refractivity contribution in [3.05, 3.63) is 29.8 Å². The Morgan fingerprint density at radius 3 is 2.58 bits per heavy atom. The van der Waals surface area contributed by atoms with Gasteiger partial charge in [0.05, 0.1) is 18.9 Å². The zero-order valence-electron chi connectivity index (χ0n) is 11.5. The number of halogens is 1. The summed E-state index contributed by atoms with van der Waals surface area (Å²) in [6.07, 6.45) is 0.451. The summed E-state index contributed by atoms with van der Waals surface area (Å²) in [7, 11) is -0.141. The molecule has 0 aliphatic carbocycles. The molecule has 0 aliphatic heterocycles. The van der Waals surface area contributed by atoms with E-state index in [-0.39, 0.29) is 11.8 Å². The van der Waals surface area contributed by atoms with E-state index in [1.54, 1.807) is 14.2 Å². The smallest absolute Gasteiger partial charge is 0.214 e. The van der Waals surface area contributed by atoms with Crippen LogP contribution in [0, 0.1) is 0 Å². The Labute approximate surface area is 120 Å². The summed E-state index contributed by atoms with van der Waals surface area (Å²) in [5.74, 6) is 1.09. The van der Waals surface area contributed by atoms with Crippen molar-refractivity contribution < 1.29 is 13.2 Å². The van der Waals surface area contributed by atoms with Gasteiger partial charge in [-0.25, -0.2) is 8.42 Å². The molecule has 0 amide bonds. The lowest BCUT2D eigenvalue weighted by Crippen LogP contribution is -2.32. The number of sulfonamides is 1. The molecule has 19 heavy (non-hydrogen) atoms. The number of hydrogen-bond donors (Lipinski definition) is 0. The fourth-order valence-corrected chi connectivity index (χ4v) is 3.51. The van der Waals surface area contributed by atoms with Crippen molar-refractivity contribution in [2.45, 2.75) is 19.4 Å². The molecule has 108 valence electrons. The van der Waals surface area contributed by atoms with Gasteiger partial charge in [0, 0.05) is 18.5 Å². The average Bonchev–Trinajstić information content (AvgIpc) is 2.43. The predicted molar refractivity (Wildman–Crippen MR) is 78.3 cm³/mol. The Balaban J connectivity index is 2.96. The Bertz CT molecular complexity index is 504. The van der Waals surface area contributed by atoms with Crippen LogP contribution in [-0.2, 0) is 10.0 Å². The van der Waals surface area contributed by atoms with Crippen LogP contribution >= 0.6 is 11.6 Å². The molecule has 0 saturated heterocycles. The third kappa shape index (κ3) is 4.09. The normalized spacial score (nSPS) is 13.5. The summed E-state index contributed by atoms with van der Waals surface area (Å²) in [4.78, 5) is 0. The van der Waals surface area contributed by atoms with Crippen LogP contribution in [0.5, 0.6) is 5.75 Å². The largest absolute Gasteiger partial charge is 0.496 e. The second-order valence-electron chi connectivity index (χ2n) is 4.29. The predicted octanol–water partition coefficient (Wildman–Crippen LogP) is 2.65. The lowest BCUT2D eigenvalue weighted by atomic mass is 10.1. The molecule has 1 atom stereocenters. The maximum absolute atomic E-state index is 12.1. The van der Waals surface area contributed by atoms with E-state index in [0.29, 0.717) is 18.1 Å². The van der Waals surface area contributed by atoms with Crippen LogP contribution in [0.3, 0.4) is 0 Å². The first-order valence-electron chi connectivity index (χ1n) is 6.08. The molecule has 0 saturated carbocycles. The molecule has 1 unspecified atom stereocenters.